The lowest BCUT2D eigenvalue weighted by Gasteiger charge is -2.34. The summed E-state index contributed by atoms with van der Waals surface area (Å²) in [6, 6.07) is 1.94. The first-order valence-corrected chi connectivity index (χ1v) is 8.19. The molecule has 0 saturated heterocycles. The molecular weight excluding hydrogens is 339 g/mol. The van der Waals surface area contributed by atoms with Crippen LogP contribution in [0.2, 0.25) is 0 Å². The minimum Gasteiger partial charge on any atom is -0.378 e. The van der Waals surface area contributed by atoms with Crippen LogP contribution in [0.5, 0.6) is 0 Å². The maximum Gasteiger partial charge on any atom is 0.194 e. The number of hydrogen-bond donors (Lipinski definition) is 1. The van der Waals surface area contributed by atoms with Gasteiger partial charge in [0.05, 0.1) is 11.2 Å². The summed E-state index contributed by atoms with van der Waals surface area (Å²) in [6.07, 6.45) is 0.422. The lowest BCUT2D eigenvalue weighted by atomic mass is 9.85. The van der Waals surface area contributed by atoms with Crippen molar-refractivity contribution in [1.29, 1.82) is 0 Å². The van der Waals surface area contributed by atoms with Crippen molar-refractivity contribution in [3.8, 4) is 0 Å². The van der Waals surface area contributed by atoms with Gasteiger partial charge in [-0.05, 0) is 44.9 Å². The zero-order chi connectivity index (χ0) is 17.6. The van der Waals surface area contributed by atoms with Crippen molar-refractivity contribution in [2.45, 2.75) is 38.0 Å². The van der Waals surface area contributed by atoms with Crippen molar-refractivity contribution >= 4 is 16.9 Å². The predicted molar refractivity (Wildman–Crippen MR) is 86.2 cm³/mol. The van der Waals surface area contributed by atoms with Crippen molar-refractivity contribution in [3.63, 3.8) is 0 Å². The van der Waals surface area contributed by atoms with Gasteiger partial charge in [0.1, 0.15) is 5.76 Å². The molecule has 0 radical (unpaired) electrons. The van der Waals surface area contributed by atoms with Crippen LogP contribution >= 0.6 is 11.8 Å². The predicted octanol–water partition coefficient (Wildman–Crippen LogP) is 4.12. The molecule has 1 aliphatic rings. The number of aromatic nitrogens is 1. The molecule has 0 aliphatic carbocycles. The van der Waals surface area contributed by atoms with E-state index in [1.807, 2.05) is 6.92 Å². The largest absolute Gasteiger partial charge is 0.378 e. The topological polar surface area (TPSA) is 64.4 Å². The molecule has 8 heteroatoms. The molecule has 24 heavy (non-hydrogen) atoms. The SMILES string of the molecule is Cc1noc(C)c1[C@@H]1C[C@@](C)(c2cc(F)c(F)c(F)c2)N=C(N)S1. The number of amidine groups is 1. The van der Waals surface area contributed by atoms with Gasteiger partial charge in [-0.2, -0.15) is 0 Å². The number of aliphatic imine (C=N–C) groups is 1. The average Bonchev–Trinajstić information content (AvgIpc) is 2.82. The first-order valence-electron chi connectivity index (χ1n) is 7.31. The molecule has 2 aromatic rings. The maximum atomic E-state index is 13.6. The van der Waals surface area contributed by atoms with Gasteiger partial charge in [-0.25, -0.2) is 13.2 Å². The molecular formula is C16H16F3N3OS. The molecule has 4 nitrogen and oxygen atoms in total. The average molecular weight is 355 g/mol. The Labute approximate surface area is 141 Å². The van der Waals surface area contributed by atoms with E-state index in [0.29, 0.717) is 17.3 Å². The van der Waals surface area contributed by atoms with Crippen LogP contribution in [0, 0.1) is 31.3 Å². The first kappa shape index (κ1) is 16.9. The highest BCUT2D eigenvalue weighted by Gasteiger charge is 2.38. The van der Waals surface area contributed by atoms with E-state index in [2.05, 4.69) is 10.1 Å². The normalized spacial score (nSPS) is 24.1. The number of nitrogens with two attached hydrogens (primary N) is 1. The summed E-state index contributed by atoms with van der Waals surface area (Å²) < 4.78 is 45.7. The van der Waals surface area contributed by atoms with Crippen LogP contribution in [0.25, 0.3) is 0 Å². The molecule has 2 atom stereocenters. The van der Waals surface area contributed by atoms with Crippen molar-refractivity contribution < 1.29 is 17.7 Å². The Morgan fingerprint density at radius 2 is 1.88 bits per heavy atom. The molecule has 1 aliphatic heterocycles. The highest BCUT2D eigenvalue weighted by atomic mass is 32.2. The van der Waals surface area contributed by atoms with E-state index in [4.69, 9.17) is 10.3 Å². The molecule has 0 spiro atoms. The van der Waals surface area contributed by atoms with Gasteiger partial charge >= 0.3 is 0 Å². The summed E-state index contributed by atoms with van der Waals surface area (Å²) in [5.41, 5.74) is 6.84. The molecule has 1 aromatic carbocycles. The fourth-order valence-electron chi connectivity index (χ4n) is 3.02. The van der Waals surface area contributed by atoms with Crippen LogP contribution in [-0.4, -0.2) is 10.3 Å². The van der Waals surface area contributed by atoms with Gasteiger partial charge in [0, 0.05) is 10.8 Å². The third kappa shape index (κ3) is 2.79. The molecule has 1 aromatic heterocycles. The van der Waals surface area contributed by atoms with E-state index in [9.17, 15) is 13.2 Å². The van der Waals surface area contributed by atoms with Gasteiger partial charge in [-0.1, -0.05) is 16.9 Å². The van der Waals surface area contributed by atoms with Crippen LogP contribution in [0.3, 0.4) is 0 Å². The molecule has 0 fully saturated rings. The molecule has 2 heterocycles. The summed E-state index contributed by atoms with van der Waals surface area (Å²) in [7, 11) is 0. The lowest BCUT2D eigenvalue weighted by Crippen LogP contribution is -2.31. The standard InChI is InChI=1S/C16H16F3N3OS/c1-7-13(8(2)23-22-7)12-6-16(3,21-15(20)24-12)9-4-10(17)14(19)11(18)5-9/h4-5,12H,6H2,1-3H3,(H2,20,21)/t12-,16-/m0/s1. The van der Waals surface area contributed by atoms with Crippen LogP contribution in [-0.2, 0) is 5.54 Å². The Morgan fingerprint density at radius 1 is 1.25 bits per heavy atom. The van der Waals surface area contributed by atoms with Gasteiger partial charge in [0.25, 0.3) is 0 Å². The fraction of sp³-hybridized carbons (Fsp3) is 0.375. The third-order valence-corrected chi connectivity index (χ3v) is 5.24. The third-order valence-electron chi connectivity index (χ3n) is 4.22. The van der Waals surface area contributed by atoms with Gasteiger partial charge < -0.3 is 10.3 Å². The zero-order valence-electron chi connectivity index (χ0n) is 13.4. The van der Waals surface area contributed by atoms with Crippen molar-refractivity contribution in [3.05, 3.63) is 52.2 Å². The maximum absolute atomic E-state index is 13.6. The van der Waals surface area contributed by atoms with Crippen molar-refractivity contribution in [1.82, 2.24) is 5.16 Å². The van der Waals surface area contributed by atoms with Crippen molar-refractivity contribution in [2.24, 2.45) is 10.7 Å². The van der Waals surface area contributed by atoms with E-state index in [1.54, 1.807) is 13.8 Å². The van der Waals surface area contributed by atoms with Crippen molar-refractivity contribution in [2.75, 3.05) is 0 Å². The number of halogens is 3. The van der Waals surface area contributed by atoms with Crippen LogP contribution < -0.4 is 5.73 Å². The van der Waals surface area contributed by atoms with Gasteiger partial charge in [-0.15, -0.1) is 0 Å². The second-order valence-corrected chi connectivity index (χ2v) is 7.25. The Morgan fingerprint density at radius 3 is 2.42 bits per heavy atom. The summed E-state index contributed by atoms with van der Waals surface area (Å²) in [6.45, 7) is 5.34. The molecule has 3 rings (SSSR count). The number of aryl methyl sites for hydroxylation is 2. The summed E-state index contributed by atoms with van der Waals surface area (Å²) in [4.78, 5) is 4.37. The quantitative estimate of drug-likeness (QED) is 0.823. The first-order chi connectivity index (χ1) is 11.2. The molecule has 128 valence electrons. The summed E-state index contributed by atoms with van der Waals surface area (Å²) in [5.74, 6) is -3.32. The molecule has 0 unspecified atom stereocenters. The van der Waals surface area contributed by atoms with E-state index in [1.165, 1.54) is 11.8 Å². The van der Waals surface area contributed by atoms with Gasteiger partial charge in [0.15, 0.2) is 22.6 Å². The molecule has 0 amide bonds. The number of rotatable bonds is 2. The van der Waals surface area contributed by atoms with Gasteiger partial charge in [0.2, 0.25) is 0 Å². The van der Waals surface area contributed by atoms with E-state index in [-0.39, 0.29) is 10.8 Å². The summed E-state index contributed by atoms with van der Waals surface area (Å²) in [5, 5.41) is 4.10. The van der Waals surface area contributed by atoms with Gasteiger partial charge in [-0.3, -0.25) is 4.99 Å². The minimum absolute atomic E-state index is 0.130. The van der Waals surface area contributed by atoms with E-state index >= 15 is 0 Å². The number of nitrogens with zero attached hydrogens (tertiary/aromatic N) is 2. The van der Waals surface area contributed by atoms with Crippen LogP contribution in [0.15, 0.2) is 21.6 Å². The Kier molecular flexibility index (Phi) is 4.11. The second kappa shape index (κ2) is 5.84. The lowest BCUT2D eigenvalue weighted by molar-refractivity contribution is 0.390. The number of benzene rings is 1. The number of thioether (sulfide) groups is 1. The molecule has 0 saturated carbocycles. The summed E-state index contributed by atoms with van der Waals surface area (Å²) >= 11 is 1.35. The fourth-order valence-corrected chi connectivity index (χ4v) is 4.43. The zero-order valence-corrected chi connectivity index (χ0v) is 14.2. The van der Waals surface area contributed by atoms with E-state index in [0.717, 1.165) is 23.4 Å². The molecule has 0 bridgehead atoms. The highest BCUT2D eigenvalue weighted by molar-refractivity contribution is 8.14. The monoisotopic (exact) mass is 355 g/mol. The Hall–Kier alpha value is -1.96. The van der Waals surface area contributed by atoms with Crippen LogP contribution in [0.1, 0.15) is 41.2 Å². The number of hydrogen-bond acceptors (Lipinski definition) is 5. The Bertz CT molecular complexity index is 793. The second-order valence-electron chi connectivity index (χ2n) is 6.03. The minimum atomic E-state index is -1.49. The smallest absolute Gasteiger partial charge is 0.194 e. The molecule has 2 N–H and O–H groups in total. The van der Waals surface area contributed by atoms with E-state index < -0.39 is 23.0 Å². The highest BCUT2D eigenvalue weighted by Crippen LogP contribution is 2.48. The van der Waals surface area contributed by atoms with Crippen LogP contribution in [0.4, 0.5) is 13.2 Å². The Balaban J connectivity index is 2.06.